The van der Waals surface area contributed by atoms with Crippen LogP contribution in [0.25, 0.3) is 21.5 Å². The third kappa shape index (κ3) is 4.78. The van der Waals surface area contributed by atoms with E-state index in [4.69, 9.17) is 4.98 Å². The smallest absolute Gasteiger partial charge is 0.269 e. The van der Waals surface area contributed by atoms with E-state index >= 15 is 0 Å². The first-order chi connectivity index (χ1) is 16.9. The lowest BCUT2D eigenvalue weighted by Gasteiger charge is -2.36. The van der Waals surface area contributed by atoms with Gasteiger partial charge in [-0.15, -0.1) is 11.3 Å². The number of piperazine rings is 1. The van der Waals surface area contributed by atoms with E-state index in [2.05, 4.69) is 39.9 Å². The van der Waals surface area contributed by atoms with E-state index in [9.17, 15) is 14.9 Å². The minimum atomic E-state index is -0.398. The lowest BCUT2D eigenvalue weighted by atomic mass is 10.0. The average Bonchev–Trinajstić information content (AvgIpc) is 3.37. The minimum absolute atomic E-state index is 0.00706. The van der Waals surface area contributed by atoms with Crippen LogP contribution in [0.3, 0.4) is 0 Å². The molecule has 5 rings (SSSR count). The zero-order chi connectivity index (χ0) is 24.5. The standard InChI is InChI=1S/C26H23BrN4O3S/c1-2-20-8-10-25(35-20)24-16-22(21-15-17(27)3-9-23(21)28-24)26(32)30-13-11-29(12-14-30)18-4-6-19(7-5-18)31(33)34/h3-10,15-16H,2,11-14H2,1H3. The molecule has 35 heavy (non-hydrogen) atoms. The van der Waals surface area contributed by atoms with E-state index in [0.29, 0.717) is 31.7 Å². The quantitative estimate of drug-likeness (QED) is 0.219. The van der Waals surface area contributed by atoms with Crippen molar-refractivity contribution in [1.82, 2.24) is 9.88 Å². The molecule has 3 heterocycles. The van der Waals surface area contributed by atoms with Gasteiger partial charge >= 0.3 is 0 Å². The molecule has 4 aromatic rings. The van der Waals surface area contributed by atoms with Crippen molar-refractivity contribution < 1.29 is 9.72 Å². The highest BCUT2D eigenvalue weighted by molar-refractivity contribution is 9.10. The number of nitro groups is 1. The van der Waals surface area contributed by atoms with Gasteiger partial charge < -0.3 is 9.80 Å². The van der Waals surface area contributed by atoms with Gasteiger partial charge in [-0.05, 0) is 55.0 Å². The van der Waals surface area contributed by atoms with Crippen LogP contribution in [-0.4, -0.2) is 46.9 Å². The maximum absolute atomic E-state index is 13.7. The number of nitrogens with zero attached hydrogens (tertiary/aromatic N) is 4. The number of hydrogen-bond donors (Lipinski definition) is 0. The van der Waals surface area contributed by atoms with Crippen molar-refractivity contribution >= 4 is 55.5 Å². The number of nitro benzene ring substituents is 1. The van der Waals surface area contributed by atoms with Gasteiger partial charge in [-0.3, -0.25) is 14.9 Å². The van der Waals surface area contributed by atoms with Gasteiger partial charge in [0.2, 0.25) is 0 Å². The molecule has 0 radical (unpaired) electrons. The number of amides is 1. The Morgan fingerprint density at radius 2 is 1.80 bits per heavy atom. The van der Waals surface area contributed by atoms with Crippen LogP contribution >= 0.6 is 27.3 Å². The molecule has 0 saturated carbocycles. The van der Waals surface area contributed by atoms with Crippen LogP contribution in [0.2, 0.25) is 0 Å². The van der Waals surface area contributed by atoms with Crippen LogP contribution in [0.1, 0.15) is 22.2 Å². The van der Waals surface area contributed by atoms with Gasteiger partial charge in [0.1, 0.15) is 0 Å². The number of aromatic nitrogens is 1. The summed E-state index contributed by atoms with van der Waals surface area (Å²) in [6.07, 6.45) is 0.968. The molecule has 0 spiro atoms. The number of halogens is 1. The summed E-state index contributed by atoms with van der Waals surface area (Å²) in [5.41, 5.74) is 3.27. The molecule has 0 bridgehead atoms. The number of aryl methyl sites for hydroxylation is 1. The molecule has 2 aromatic carbocycles. The molecule has 9 heteroatoms. The molecule has 0 atom stereocenters. The molecule has 1 fully saturated rings. The number of carbonyl (C=O) groups excluding carboxylic acids is 1. The first kappa shape index (κ1) is 23.4. The lowest BCUT2D eigenvalue weighted by molar-refractivity contribution is -0.384. The molecule has 178 valence electrons. The Balaban J connectivity index is 1.41. The Morgan fingerprint density at radius 1 is 1.06 bits per heavy atom. The van der Waals surface area contributed by atoms with Crippen molar-refractivity contribution in [2.45, 2.75) is 13.3 Å². The predicted molar refractivity (Wildman–Crippen MR) is 143 cm³/mol. The fourth-order valence-electron chi connectivity index (χ4n) is 4.33. The van der Waals surface area contributed by atoms with Crippen LogP contribution in [0, 0.1) is 10.1 Å². The van der Waals surface area contributed by atoms with Crippen LogP contribution < -0.4 is 4.90 Å². The number of fused-ring (bicyclic) bond motifs is 1. The number of thiophene rings is 1. The number of rotatable bonds is 5. The van der Waals surface area contributed by atoms with E-state index < -0.39 is 4.92 Å². The Hall–Kier alpha value is -3.30. The molecule has 1 aliphatic heterocycles. The molecular weight excluding hydrogens is 528 g/mol. The van der Waals surface area contributed by atoms with Crippen molar-refractivity contribution in [1.29, 1.82) is 0 Å². The third-order valence-corrected chi connectivity index (χ3v) is 8.00. The molecule has 1 amide bonds. The van der Waals surface area contributed by atoms with Gasteiger partial charge in [0, 0.05) is 58.7 Å². The third-order valence-electron chi connectivity index (χ3n) is 6.26. The van der Waals surface area contributed by atoms with E-state index in [1.807, 2.05) is 29.2 Å². The van der Waals surface area contributed by atoms with Crippen molar-refractivity contribution in [3.8, 4) is 10.6 Å². The van der Waals surface area contributed by atoms with Crippen LogP contribution in [0.4, 0.5) is 11.4 Å². The van der Waals surface area contributed by atoms with Gasteiger partial charge in [0.15, 0.2) is 0 Å². The largest absolute Gasteiger partial charge is 0.368 e. The number of anilines is 1. The molecule has 1 saturated heterocycles. The minimum Gasteiger partial charge on any atom is -0.368 e. The highest BCUT2D eigenvalue weighted by Gasteiger charge is 2.25. The molecule has 7 nitrogen and oxygen atoms in total. The molecule has 0 unspecified atom stereocenters. The first-order valence-corrected chi connectivity index (χ1v) is 13.0. The lowest BCUT2D eigenvalue weighted by Crippen LogP contribution is -2.48. The highest BCUT2D eigenvalue weighted by atomic mass is 79.9. The van der Waals surface area contributed by atoms with Crippen LogP contribution in [0.15, 0.2) is 65.1 Å². The number of hydrogen-bond acceptors (Lipinski definition) is 6. The molecule has 0 aliphatic carbocycles. The highest BCUT2D eigenvalue weighted by Crippen LogP contribution is 2.32. The van der Waals surface area contributed by atoms with E-state index in [1.54, 1.807) is 23.5 Å². The van der Waals surface area contributed by atoms with Crippen molar-refractivity contribution in [2.75, 3.05) is 31.1 Å². The predicted octanol–water partition coefficient (Wildman–Crippen LogP) is 6.16. The summed E-state index contributed by atoms with van der Waals surface area (Å²) in [6, 6.07) is 18.5. The maximum Gasteiger partial charge on any atom is 0.269 e. The summed E-state index contributed by atoms with van der Waals surface area (Å²) in [5, 5.41) is 11.8. The Labute approximate surface area is 215 Å². The van der Waals surface area contributed by atoms with Gasteiger partial charge in [0.05, 0.1) is 26.6 Å². The second-order valence-electron chi connectivity index (χ2n) is 8.39. The van der Waals surface area contributed by atoms with Crippen molar-refractivity contribution in [3.63, 3.8) is 0 Å². The van der Waals surface area contributed by atoms with E-state index in [1.165, 1.54) is 17.0 Å². The van der Waals surface area contributed by atoms with E-state index in [-0.39, 0.29) is 11.6 Å². The zero-order valence-electron chi connectivity index (χ0n) is 19.1. The normalized spacial score (nSPS) is 13.9. The van der Waals surface area contributed by atoms with Crippen LogP contribution in [-0.2, 0) is 6.42 Å². The monoisotopic (exact) mass is 550 g/mol. The summed E-state index contributed by atoms with van der Waals surface area (Å²) in [5.74, 6) is -0.00706. The summed E-state index contributed by atoms with van der Waals surface area (Å²) >= 11 is 5.24. The average molecular weight is 551 g/mol. The molecule has 2 aromatic heterocycles. The Morgan fingerprint density at radius 3 is 2.46 bits per heavy atom. The number of carbonyl (C=O) groups is 1. The molecule has 1 aliphatic rings. The zero-order valence-corrected chi connectivity index (χ0v) is 21.5. The summed E-state index contributed by atoms with van der Waals surface area (Å²) in [6.45, 7) is 4.60. The first-order valence-electron chi connectivity index (χ1n) is 11.4. The molecular formula is C26H23BrN4O3S. The Bertz CT molecular complexity index is 1410. The van der Waals surface area contributed by atoms with Gasteiger partial charge in [-0.1, -0.05) is 22.9 Å². The van der Waals surface area contributed by atoms with Crippen molar-refractivity contribution in [2.24, 2.45) is 0 Å². The number of non-ortho nitro benzene ring substituents is 1. The fraction of sp³-hybridized carbons (Fsp3) is 0.231. The Kier molecular flexibility index (Phi) is 6.53. The summed E-state index contributed by atoms with van der Waals surface area (Å²) in [7, 11) is 0. The van der Waals surface area contributed by atoms with Crippen LogP contribution in [0.5, 0.6) is 0 Å². The SMILES string of the molecule is CCc1ccc(-c2cc(C(=O)N3CCN(c4ccc([N+](=O)[O-])cc4)CC3)c3cc(Br)ccc3n2)s1. The van der Waals surface area contributed by atoms with Gasteiger partial charge in [0.25, 0.3) is 11.6 Å². The second kappa shape index (κ2) is 9.75. The van der Waals surface area contributed by atoms with Gasteiger partial charge in [-0.2, -0.15) is 0 Å². The van der Waals surface area contributed by atoms with Crippen molar-refractivity contribution in [3.05, 3.63) is 85.7 Å². The number of pyridine rings is 1. The molecule has 0 N–H and O–H groups in total. The van der Waals surface area contributed by atoms with E-state index in [0.717, 1.165) is 38.1 Å². The van der Waals surface area contributed by atoms with Gasteiger partial charge in [-0.25, -0.2) is 4.98 Å². The topological polar surface area (TPSA) is 79.6 Å². The fourth-order valence-corrected chi connectivity index (χ4v) is 5.60. The maximum atomic E-state index is 13.7. The summed E-state index contributed by atoms with van der Waals surface area (Å²) in [4.78, 5) is 35.5. The summed E-state index contributed by atoms with van der Waals surface area (Å²) < 4.78 is 0.904. The number of benzene rings is 2. The second-order valence-corrected chi connectivity index (χ2v) is 10.5.